The highest BCUT2D eigenvalue weighted by Crippen LogP contribution is 2.55. The highest BCUT2D eigenvalue weighted by Gasteiger charge is 2.65. The van der Waals surface area contributed by atoms with Crippen LogP contribution < -0.4 is 10.1 Å². The molecule has 13 heteroatoms. The number of nitrogens with one attached hydrogen (secondary N) is 1. The Morgan fingerprint density at radius 1 is 1.24 bits per heavy atom. The first-order chi connectivity index (χ1) is 15.6. The van der Waals surface area contributed by atoms with Gasteiger partial charge in [0, 0.05) is 35.5 Å². The molecule has 7 nitrogen and oxygen atoms in total. The van der Waals surface area contributed by atoms with Crippen molar-refractivity contribution in [3.63, 3.8) is 0 Å². The molecule has 0 spiro atoms. The molecule has 1 amide bonds. The minimum Gasteiger partial charge on any atom is -0.493 e. The fourth-order valence-corrected chi connectivity index (χ4v) is 4.54. The number of hydrogen-bond donors (Lipinski definition) is 1. The predicted octanol–water partition coefficient (Wildman–Crippen LogP) is 3.85. The molecule has 1 aromatic heterocycles. The van der Waals surface area contributed by atoms with E-state index in [2.05, 4.69) is 10.3 Å². The molecule has 1 aliphatic rings. The molecule has 0 radical (unpaired) electrons. The summed E-state index contributed by atoms with van der Waals surface area (Å²) in [5.41, 5.74) is -3.06. The number of carbonyl (C=O) groups excluding carboxylic acids is 1. The highest BCUT2D eigenvalue weighted by molar-refractivity contribution is 7.90. The van der Waals surface area contributed by atoms with Crippen LogP contribution in [0.2, 0.25) is 0 Å². The first-order valence-electron chi connectivity index (χ1n) is 9.85. The average Bonchev–Trinajstić information content (AvgIpc) is 3.01. The molecular weight excluding hydrogens is 487 g/mol. The smallest absolute Gasteiger partial charge is 0.417 e. The van der Waals surface area contributed by atoms with Gasteiger partial charge in [0.1, 0.15) is 6.10 Å². The van der Waals surface area contributed by atoms with Crippen molar-refractivity contribution in [2.45, 2.75) is 42.7 Å². The lowest BCUT2D eigenvalue weighted by atomic mass is 9.77. The van der Waals surface area contributed by atoms with Crippen LogP contribution in [0.25, 0.3) is 0 Å². The van der Waals surface area contributed by atoms with Gasteiger partial charge < -0.3 is 14.8 Å². The summed E-state index contributed by atoms with van der Waals surface area (Å²) in [7, 11) is -2.72. The van der Waals surface area contributed by atoms with E-state index in [-0.39, 0.29) is 16.3 Å². The molecule has 0 aliphatic carbocycles. The Balaban J connectivity index is 2.08. The Labute approximate surface area is 192 Å². The zero-order valence-electron chi connectivity index (χ0n) is 18.4. The van der Waals surface area contributed by atoms with Crippen LogP contribution >= 0.6 is 0 Å². The van der Waals surface area contributed by atoms with Crippen LogP contribution in [-0.4, -0.2) is 50.6 Å². The van der Waals surface area contributed by atoms with E-state index in [0.29, 0.717) is 0 Å². The van der Waals surface area contributed by atoms with Crippen LogP contribution in [0.3, 0.4) is 0 Å². The number of pyridine rings is 1. The Morgan fingerprint density at radius 3 is 2.44 bits per heavy atom. The Hall–Kier alpha value is -2.80. The third-order valence-electron chi connectivity index (χ3n) is 5.95. The van der Waals surface area contributed by atoms with E-state index >= 15 is 0 Å². The third-order valence-corrected chi connectivity index (χ3v) is 6.94. The van der Waals surface area contributed by atoms with E-state index < -0.39 is 62.8 Å². The number of ether oxygens (including phenoxy) is 2. The van der Waals surface area contributed by atoms with E-state index in [9.17, 15) is 35.2 Å². The lowest BCUT2D eigenvalue weighted by molar-refractivity contribution is -0.272. The number of anilines is 1. The van der Waals surface area contributed by atoms with Crippen molar-refractivity contribution < 1.29 is 44.6 Å². The number of alkyl halides is 3. The lowest BCUT2D eigenvalue weighted by Crippen LogP contribution is -2.47. The van der Waals surface area contributed by atoms with E-state index in [0.717, 1.165) is 44.7 Å². The summed E-state index contributed by atoms with van der Waals surface area (Å²) in [6.45, 7) is 1.94. The van der Waals surface area contributed by atoms with Crippen molar-refractivity contribution >= 4 is 21.4 Å². The van der Waals surface area contributed by atoms with Crippen LogP contribution in [0, 0.1) is 17.6 Å². The van der Waals surface area contributed by atoms with Crippen LogP contribution in [0.15, 0.2) is 35.5 Å². The molecule has 1 fully saturated rings. The molecule has 1 aliphatic heterocycles. The summed E-state index contributed by atoms with van der Waals surface area (Å²) in [5, 5.41) is 1.95. The van der Waals surface area contributed by atoms with Crippen LogP contribution in [-0.2, 0) is 19.4 Å². The van der Waals surface area contributed by atoms with Gasteiger partial charge in [-0.25, -0.2) is 17.8 Å². The van der Waals surface area contributed by atoms with Gasteiger partial charge in [0.25, 0.3) is 5.91 Å². The molecule has 1 N–H and O–H groups in total. The second-order valence-corrected chi connectivity index (χ2v) is 10.0. The highest BCUT2D eigenvalue weighted by atomic mass is 32.2. The monoisotopic (exact) mass is 508 g/mol. The number of aromatic nitrogens is 1. The third kappa shape index (κ3) is 4.45. The summed E-state index contributed by atoms with van der Waals surface area (Å²) >= 11 is 0. The topological polar surface area (TPSA) is 94.6 Å². The van der Waals surface area contributed by atoms with Gasteiger partial charge >= 0.3 is 6.18 Å². The summed E-state index contributed by atoms with van der Waals surface area (Å²) in [6.07, 6.45) is -4.73. The first kappa shape index (κ1) is 25.8. The molecule has 0 saturated carbocycles. The van der Waals surface area contributed by atoms with E-state index in [1.54, 1.807) is 0 Å². The second-order valence-electron chi connectivity index (χ2n) is 8.09. The number of halogens is 5. The fourth-order valence-electron chi connectivity index (χ4n) is 3.94. The van der Waals surface area contributed by atoms with E-state index in [4.69, 9.17) is 9.47 Å². The molecule has 2 heterocycles. The Kier molecular flexibility index (Phi) is 6.66. The van der Waals surface area contributed by atoms with Crippen molar-refractivity contribution in [3.8, 4) is 5.75 Å². The molecule has 4 atom stereocenters. The summed E-state index contributed by atoms with van der Waals surface area (Å²) in [5.74, 6) is -7.22. The van der Waals surface area contributed by atoms with Crippen LogP contribution in [0.5, 0.6) is 5.75 Å². The number of hydrogen-bond acceptors (Lipinski definition) is 6. The molecule has 1 aromatic carbocycles. The van der Waals surface area contributed by atoms with Gasteiger partial charge in [0.2, 0.25) is 5.82 Å². The Morgan fingerprint density at radius 2 is 1.88 bits per heavy atom. The number of methoxy groups -OCH3 is 1. The van der Waals surface area contributed by atoms with Crippen molar-refractivity contribution in [1.29, 1.82) is 0 Å². The van der Waals surface area contributed by atoms with Crippen molar-refractivity contribution in [2.75, 3.05) is 18.7 Å². The summed E-state index contributed by atoms with van der Waals surface area (Å²) in [6, 6.07) is 4.03. The lowest BCUT2D eigenvalue weighted by Gasteiger charge is -2.32. The number of amides is 1. The quantitative estimate of drug-likeness (QED) is 0.617. The van der Waals surface area contributed by atoms with Crippen molar-refractivity contribution in [1.82, 2.24) is 4.98 Å². The Bertz CT molecular complexity index is 1220. The molecule has 0 unspecified atom stereocenters. The maximum absolute atomic E-state index is 14.4. The van der Waals surface area contributed by atoms with Crippen LogP contribution in [0.4, 0.5) is 27.6 Å². The minimum absolute atomic E-state index is 0.0618. The zero-order chi connectivity index (χ0) is 25.6. The second kappa shape index (κ2) is 8.77. The van der Waals surface area contributed by atoms with Gasteiger partial charge in [0.15, 0.2) is 32.0 Å². The fraction of sp³-hybridized carbons (Fsp3) is 0.429. The number of benzene rings is 1. The molecular formula is C21H21F5N2O5S. The first-order valence-corrected chi connectivity index (χ1v) is 11.7. The van der Waals surface area contributed by atoms with Gasteiger partial charge in [-0.3, -0.25) is 4.79 Å². The minimum atomic E-state index is -4.91. The number of sulfone groups is 1. The number of carbonyl (C=O) groups is 1. The SMILES string of the molecule is COc1c([C@H]2[C@H](C(=O)Nc3ccnc(S(C)(=O)=O)c3)O[C@@](C)(C(F)(F)F)[C@H]2C)ccc(F)c1F. The molecule has 2 aromatic rings. The van der Waals surface area contributed by atoms with E-state index in [1.165, 1.54) is 13.0 Å². The zero-order valence-corrected chi connectivity index (χ0v) is 19.2. The van der Waals surface area contributed by atoms with Gasteiger partial charge in [-0.05, 0) is 25.1 Å². The maximum Gasteiger partial charge on any atom is 0.417 e. The number of rotatable bonds is 5. The van der Waals surface area contributed by atoms with Crippen molar-refractivity contribution in [2.24, 2.45) is 5.92 Å². The van der Waals surface area contributed by atoms with Gasteiger partial charge in [0.05, 0.1) is 7.11 Å². The average molecular weight is 508 g/mol. The van der Waals surface area contributed by atoms with E-state index in [1.807, 2.05) is 0 Å². The predicted molar refractivity (Wildman–Crippen MR) is 110 cm³/mol. The largest absolute Gasteiger partial charge is 0.493 e. The normalized spacial score (nSPS) is 25.3. The summed E-state index contributed by atoms with van der Waals surface area (Å²) < 4.78 is 104. The van der Waals surface area contributed by atoms with Gasteiger partial charge in [-0.15, -0.1) is 0 Å². The molecule has 186 valence electrons. The summed E-state index contributed by atoms with van der Waals surface area (Å²) in [4.78, 5) is 16.8. The molecule has 0 bridgehead atoms. The molecule has 1 saturated heterocycles. The molecule has 34 heavy (non-hydrogen) atoms. The van der Waals surface area contributed by atoms with Gasteiger partial charge in [-0.1, -0.05) is 13.0 Å². The van der Waals surface area contributed by atoms with Crippen LogP contribution in [0.1, 0.15) is 25.3 Å². The maximum atomic E-state index is 14.4. The number of nitrogens with zero attached hydrogens (tertiary/aromatic N) is 1. The standard InChI is InChI=1S/C21H21F5N2O5S/c1-10-15(12-5-6-13(22)16(23)17(12)32-3)18(33-20(10,2)21(24,25)26)19(29)28-11-7-8-27-14(9-11)34(4,30)31/h5-10,15,18H,1-4H3,(H,27,28,29)/t10-,15-,18+,20+/m0/s1. The molecule has 3 rings (SSSR count). The van der Waals surface area contributed by atoms with Gasteiger partial charge in [-0.2, -0.15) is 17.6 Å². The van der Waals surface area contributed by atoms with Crippen molar-refractivity contribution in [3.05, 3.63) is 47.7 Å².